The van der Waals surface area contributed by atoms with Crippen LogP contribution in [0.5, 0.6) is 5.75 Å². The highest BCUT2D eigenvalue weighted by Gasteiger charge is 2.54. The summed E-state index contributed by atoms with van der Waals surface area (Å²) < 4.78 is 27.9. The molecule has 4 rings (SSSR count). The first kappa shape index (κ1) is 21.3. The van der Waals surface area contributed by atoms with Crippen LogP contribution in [0.4, 0.5) is 0 Å². The van der Waals surface area contributed by atoms with E-state index >= 15 is 0 Å². The number of rotatable bonds is 5. The fourth-order valence-electron chi connectivity index (χ4n) is 6.45. The Kier molecular flexibility index (Phi) is 5.43. The third kappa shape index (κ3) is 3.75. The lowest BCUT2D eigenvalue weighted by molar-refractivity contribution is -0.140. The molecule has 164 valence electrons. The molecule has 3 aliphatic rings. The number of carboxylic acid groups (broad SMARTS) is 1. The number of hydrogen-bond donors (Lipinski definition) is 2. The molecule has 30 heavy (non-hydrogen) atoms. The molecule has 0 bridgehead atoms. The fraction of sp³-hybridized carbons (Fsp3) is 0.636. The largest absolute Gasteiger partial charge is 0.481 e. The summed E-state index contributed by atoms with van der Waals surface area (Å²) >= 11 is 0. The summed E-state index contributed by atoms with van der Waals surface area (Å²) in [5.41, 5.74) is 3.12. The van der Waals surface area contributed by atoms with Crippen molar-refractivity contribution in [2.75, 3.05) is 0 Å². The Morgan fingerprint density at radius 3 is 2.63 bits per heavy atom. The van der Waals surface area contributed by atoms with Crippen molar-refractivity contribution < 1.29 is 27.3 Å². The molecular weight excluding hydrogens is 406 g/mol. The Morgan fingerprint density at radius 1 is 1.27 bits per heavy atom. The number of hydrogen-bond acceptors (Lipinski definition) is 5. The van der Waals surface area contributed by atoms with Crippen LogP contribution in [0, 0.1) is 29.6 Å². The van der Waals surface area contributed by atoms with Gasteiger partial charge in [0, 0.05) is 11.8 Å². The summed E-state index contributed by atoms with van der Waals surface area (Å²) in [6.07, 6.45) is 3.82. The number of ketones is 1. The number of carbonyl (C=O) groups excluding carboxylic acids is 1. The lowest BCUT2D eigenvalue weighted by Crippen LogP contribution is -2.40. The van der Waals surface area contributed by atoms with Gasteiger partial charge >= 0.3 is 16.3 Å². The molecule has 0 saturated heterocycles. The molecule has 0 spiro atoms. The standard InChI is InChI=1S/C22H29NO6S/c1-3-12-7-16-13(9-19(12)29-30(23,27)28)4-5-15-17(16)6-11(2)21-18(15)8-14(22(21)26)10-20(24)25/h7,9,11,14-15,17-18,21H,3-6,8,10H2,1-2H3,(H,24,25)(H2,23,27,28)/t11-,14?,15?,17?,18?,21?/m1/s1. The average molecular weight is 436 g/mol. The zero-order chi connectivity index (χ0) is 21.8. The van der Waals surface area contributed by atoms with Gasteiger partial charge in [-0.15, -0.1) is 0 Å². The summed E-state index contributed by atoms with van der Waals surface area (Å²) in [4.78, 5) is 24.2. The number of aliphatic carboxylic acids is 1. The maximum Gasteiger partial charge on any atom is 0.380 e. The van der Waals surface area contributed by atoms with Crippen molar-refractivity contribution in [3.05, 3.63) is 28.8 Å². The van der Waals surface area contributed by atoms with Crippen molar-refractivity contribution in [2.45, 2.75) is 58.3 Å². The number of aryl methyl sites for hydroxylation is 2. The number of carboxylic acids is 1. The highest BCUT2D eigenvalue weighted by atomic mass is 32.2. The molecule has 2 fully saturated rings. The number of Topliss-reactive ketones (excluding diaryl/α,β-unsaturated/α-hetero) is 1. The first-order chi connectivity index (χ1) is 14.1. The third-order valence-corrected chi connectivity index (χ3v) is 7.94. The van der Waals surface area contributed by atoms with E-state index in [1.54, 1.807) is 0 Å². The van der Waals surface area contributed by atoms with E-state index < -0.39 is 16.3 Å². The van der Waals surface area contributed by atoms with Gasteiger partial charge in [-0.25, -0.2) is 0 Å². The Morgan fingerprint density at radius 2 is 2.00 bits per heavy atom. The van der Waals surface area contributed by atoms with E-state index in [4.69, 9.17) is 9.32 Å². The molecule has 2 saturated carbocycles. The molecule has 1 aromatic rings. The van der Waals surface area contributed by atoms with Crippen LogP contribution in [-0.2, 0) is 32.7 Å². The molecule has 3 aliphatic carbocycles. The van der Waals surface area contributed by atoms with Gasteiger partial charge in [0.05, 0.1) is 6.42 Å². The van der Waals surface area contributed by atoms with Crippen LogP contribution in [0.25, 0.3) is 0 Å². The van der Waals surface area contributed by atoms with E-state index in [1.165, 1.54) is 5.56 Å². The lowest BCUT2D eigenvalue weighted by atomic mass is 9.57. The average Bonchev–Trinajstić information content (AvgIpc) is 2.96. The minimum Gasteiger partial charge on any atom is -0.481 e. The van der Waals surface area contributed by atoms with Crippen LogP contribution in [0.15, 0.2) is 12.1 Å². The number of carbonyl (C=O) groups is 2. The van der Waals surface area contributed by atoms with Crippen molar-refractivity contribution in [3.63, 3.8) is 0 Å². The molecule has 5 unspecified atom stereocenters. The van der Waals surface area contributed by atoms with Gasteiger partial charge in [0.1, 0.15) is 11.5 Å². The number of nitrogens with two attached hydrogens (primary N) is 1. The summed E-state index contributed by atoms with van der Waals surface area (Å²) in [6, 6.07) is 3.88. The molecule has 6 atom stereocenters. The van der Waals surface area contributed by atoms with Gasteiger partial charge in [0.25, 0.3) is 0 Å². The maximum atomic E-state index is 12.9. The molecule has 3 N–H and O–H groups in total. The molecule has 0 aromatic heterocycles. The van der Waals surface area contributed by atoms with Gasteiger partial charge in [-0.1, -0.05) is 19.9 Å². The van der Waals surface area contributed by atoms with Gasteiger partial charge in [0.2, 0.25) is 0 Å². The third-order valence-electron chi connectivity index (χ3n) is 7.53. The molecule has 0 aliphatic heterocycles. The van der Waals surface area contributed by atoms with Crippen molar-refractivity contribution in [1.29, 1.82) is 0 Å². The molecular formula is C22H29NO6S. The Labute approximate surface area is 177 Å². The van der Waals surface area contributed by atoms with Crippen molar-refractivity contribution >= 4 is 22.1 Å². The van der Waals surface area contributed by atoms with E-state index in [0.717, 1.165) is 30.4 Å². The minimum absolute atomic E-state index is 0.0345. The minimum atomic E-state index is -4.09. The Balaban J connectivity index is 1.67. The van der Waals surface area contributed by atoms with Crippen LogP contribution in [0.1, 0.15) is 62.1 Å². The smallest absolute Gasteiger partial charge is 0.380 e. The SMILES string of the molecule is CCc1cc2c(cc1OS(N)(=O)=O)CCC1C2C[C@@H](C)C2C(=O)C(CC(=O)O)CC12. The second kappa shape index (κ2) is 7.64. The van der Waals surface area contributed by atoms with Crippen molar-refractivity contribution in [2.24, 2.45) is 34.7 Å². The highest BCUT2D eigenvalue weighted by Crippen LogP contribution is 2.57. The van der Waals surface area contributed by atoms with Crippen LogP contribution in [0.2, 0.25) is 0 Å². The lowest BCUT2D eigenvalue weighted by Gasteiger charge is -2.46. The van der Waals surface area contributed by atoms with Crippen molar-refractivity contribution in [3.8, 4) is 5.75 Å². The predicted molar refractivity (Wildman–Crippen MR) is 110 cm³/mol. The molecule has 8 heteroatoms. The quantitative estimate of drug-likeness (QED) is 0.733. The first-order valence-corrected chi connectivity index (χ1v) is 12.2. The fourth-order valence-corrected chi connectivity index (χ4v) is 6.86. The van der Waals surface area contributed by atoms with E-state index in [-0.39, 0.29) is 35.9 Å². The summed E-state index contributed by atoms with van der Waals surface area (Å²) in [5.74, 6) is 0.242. The zero-order valence-corrected chi connectivity index (χ0v) is 18.2. The van der Waals surface area contributed by atoms with Gasteiger partial charge in [-0.2, -0.15) is 13.6 Å². The summed E-state index contributed by atoms with van der Waals surface area (Å²) in [7, 11) is -4.09. The Hall–Kier alpha value is -1.93. The highest BCUT2D eigenvalue weighted by molar-refractivity contribution is 7.84. The first-order valence-electron chi connectivity index (χ1n) is 10.7. The van der Waals surface area contributed by atoms with E-state index in [1.807, 2.05) is 13.0 Å². The normalized spacial score (nSPS) is 32.8. The van der Waals surface area contributed by atoms with E-state index in [2.05, 4.69) is 13.0 Å². The Bertz CT molecular complexity index is 988. The van der Waals surface area contributed by atoms with Crippen LogP contribution in [0.3, 0.4) is 0 Å². The van der Waals surface area contributed by atoms with Crippen molar-refractivity contribution in [1.82, 2.24) is 0 Å². The van der Waals surface area contributed by atoms with Crippen LogP contribution >= 0.6 is 0 Å². The molecule has 7 nitrogen and oxygen atoms in total. The summed E-state index contributed by atoms with van der Waals surface area (Å²) in [5, 5.41) is 14.3. The second-order valence-corrected chi connectivity index (χ2v) is 10.4. The maximum absolute atomic E-state index is 12.9. The van der Waals surface area contributed by atoms with Gasteiger partial charge in [-0.3, -0.25) is 9.59 Å². The monoisotopic (exact) mass is 435 g/mol. The van der Waals surface area contributed by atoms with E-state index in [9.17, 15) is 23.1 Å². The molecule has 0 radical (unpaired) electrons. The second-order valence-electron chi connectivity index (χ2n) is 9.23. The molecule has 0 amide bonds. The zero-order valence-electron chi connectivity index (χ0n) is 17.3. The topological polar surface area (TPSA) is 124 Å². The van der Waals surface area contributed by atoms with Crippen LogP contribution in [-0.4, -0.2) is 25.3 Å². The number of fused-ring (bicyclic) bond motifs is 5. The predicted octanol–water partition coefficient (Wildman–Crippen LogP) is 2.81. The molecule has 0 heterocycles. The number of benzene rings is 1. The summed E-state index contributed by atoms with van der Waals surface area (Å²) in [6.45, 7) is 4.06. The van der Waals surface area contributed by atoms with Gasteiger partial charge in [0.15, 0.2) is 0 Å². The van der Waals surface area contributed by atoms with Gasteiger partial charge < -0.3 is 9.29 Å². The van der Waals surface area contributed by atoms with Gasteiger partial charge in [-0.05, 0) is 78.5 Å². The molecule has 1 aromatic carbocycles. The van der Waals surface area contributed by atoms with E-state index in [0.29, 0.717) is 30.4 Å². The van der Waals surface area contributed by atoms with Crippen LogP contribution < -0.4 is 9.32 Å².